The summed E-state index contributed by atoms with van der Waals surface area (Å²) in [6.07, 6.45) is 5.39. The molecule has 54 valence electrons. The predicted molar refractivity (Wildman–Crippen MR) is 41.4 cm³/mol. The van der Waals surface area contributed by atoms with Gasteiger partial charge in [-0.3, -0.25) is 0 Å². The van der Waals surface area contributed by atoms with Crippen molar-refractivity contribution >= 4 is 0 Å². The molecule has 0 nitrogen and oxygen atoms in total. The van der Waals surface area contributed by atoms with E-state index in [4.69, 9.17) is 2.74 Å². The number of rotatable bonds is 1. The molecule has 9 heavy (non-hydrogen) atoms. The first kappa shape index (κ1) is 4.76. The maximum Gasteiger partial charge on any atom is 0.0305 e. The molecule has 0 amide bonds. The van der Waals surface area contributed by atoms with Crippen LogP contribution in [0.15, 0.2) is 0 Å². The molecule has 0 saturated heterocycles. The molecule has 0 aliphatic heterocycles. The van der Waals surface area contributed by atoms with Crippen LogP contribution in [0, 0.1) is 11.8 Å². The second-order valence-electron chi connectivity index (χ2n) is 3.16. The summed E-state index contributed by atoms with van der Waals surface area (Å²) in [6, 6.07) is 0. The zero-order valence-corrected chi connectivity index (χ0v) is 6.54. The molecule has 0 atom stereocenters. The van der Waals surface area contributed by atoms with Crippen molar-refractivity contribution in [1.29, 1.82) is 0 Å². The molecular formula is C9H18. The van der Waals surface area contributed by atoms with Crippen LogP contribution in [-0.4, -0.2) is 0 Å². The second-order valence-corrected chi connectivity index (χ2v) is 3.16. The van der Waals surface area contributed by atoms with E-state index in [2.05, 4.69) is 0 Å². The Balaban J connectivity index is 2.64. The first-order valence-corrected chi connectivity index (χ1v) is 3.96. The van der Waals surface area contributed by atoms with E-state index in [0.29, 0.717) is 0 Å². The van der Waals surface area contributed by atoms with Crippen LogP contribution in [0.25, 0.3) is 0 Å². The van der Waals surface area contributed by atoms with Crippen molar-refractivity contribution in [1.82, 2.24) is 0 Å². The van der Waals surface area contributed by atoms with Crippen molar-refractivity contribution in [3.05, 3.63) is 0 Å². The quantitative estimate of drug-likeness (QED) is 0.508. The van der Waals surface area contributed by atoms with Gasteiger partial charge in [0.05, 0.1) is 0 Å². The summed E-state index contributed by atoms with van der Waals surface area (Å²) in [5.41, 5.74) is 0. The molecule has 0 bridgehead atoms. The summed E-state index contributed by atoms with van der Waals surface area (Å²) in [5, 5.41) is 0. The Morgan fingerprint density at radius 2 is 1.89 bits per heavy atom. The first-order valence-electron chi connectivity index (χ1n) is 4.96. The number of hydrogen-bond donors (Lipinski definition) is 0. The molecule has 0 aromatic rings. The van der Waals surface area contributed by atoms with Gasteiger partial charge in [0.25, 0.3) is 0 Å². The fraction of sp³-hybridized carbons (Fsp3) is 1.00. The van der Waals surface area contributed by atoms with Crippen molar-refractivity contribution in [2.24, 2.45) is 11.8 Å². The van der Waals surface area contributed by atoms with Gasteiger partial charge in [0.15, 0.2) is 0 Å². The monoisotopic (exact) mass is 128 g/mol. The highest BCUT2D eigenvalue weighted by Crippen LogP contribution is 2.29. The lowest BCUT2D eigenvalue weighted by Gasteiger charge is -2.24. The van der Waals surface area contributed by atoms with Crippen molar-refractivity contribution < 1.29 is 2.74 Å². The third-order valence-corrected chi connectivity index (χ3v) is 2.16. The molecule has 0 heteroatoms. The summed E-state index contributed by atoms with van der Waals surface area (Å²) in [5.74, 6) is -1.04. The molecule has 0 aromatic heterocycles. The lowest BCUT2D eigenvalue weighted by atomic mass is 9.82. The molecule has 1 fully saturated rings. The van der Waals surface area contributed by atoms with Crippen molar-refractivity contribution in [2.75, 3.05) is 0 Å². The van der Waals surface area contributed by atoms with Gasteiger partial charge in [-0.1, -0.05) is 46.0 Å². The molecule has 1 aliphatic rings. The fourth-order valence-electron chi connectivity index (χ4n) is 1.48. The SMILES string of the molecule is [2H]C(C)(C)C1([2H])CCCCC1. The molecule has 0 aromatic carbocycles. The van der Waals surface area contributed by atoms with Gasteiger partial charge in [-0.25, -0.2) is 0 Å². The average Bonchev–Trinajstić information content (AvgIpc) is 1.87. The van der Waals surface area contributed by atoms with Crippen LogP contribution >= 0.6 is 0 Å². The smallest absolute Gasteiger partial charge is 0.0305 e. The van der Waals surface area contributed by atoms with E-state index in [1.165, 1.54) is 6.42 Å². The molecule has 0 spiro atoms. The predicted octanol–water partition coefficient (Wildman–Crippen LogP) is 3.22. The molecular weight excluding hydrogens is 108 g/mol. The highest BCUT2D eigenvalue weighted by atomic mass is 14.2. The normalized spacial score (nSPS) is 30.9. The van der Waals surface area contributed by atoms with Gasteiger partial charge in [0, 0.05) is 2.74 Å². The Bertz CT molecular complexity index is 129. The maximum absolute atomic E-state index is 8.08. The van der Waals surface area contributed by atoms with Gasteiger partial charge in [0.2, 0.25) is 0 Å². The van der Waals surface area contributed by atoms with E-state index in [0.717, 1.165) is 25.7 Å². The minimum Gasteiger partial charge on any atom is -0.0625 e. The highest BCUT2D eigenvalue weighted by Gasteiger charge is 2.15. The van der Waals surface area contributed by atoms with Crippen LogP contribution in [0.2, 0.25) is 0 Å². The van der Waals surface area contributed by atoms with Crippen LogP contribution in [0.1, 0.15) is 48.7 Å². The Morgan fingerprint density at radius 3 is 2.22 bits per heavy atom. The van der Waals surface area contributed by atoms with E-state index in [1.54, 1.807) is 0 Å². The second kappa shape index (κ2) is 3.24. The summed E-state index contributed by atoms with van der Waals surface area (Å²) in [4.78, 5) is 0. The van der Waals surface area contributed by atoms with Crippen molar-refractivity contribution in [2.45, 2.75) is 46.0 Å². The van der Waals surface area contributed by atoms with Crippen LogP contribution in [-0.2, 0) is 0 Å². The molecule has 0 unspecified atom stereocenters. The van der Waals surface area contributed by atoms with E-state index in [-0.39, 0.29) is 0 Å². The van der Waals surface area contributed by atoms with Crippen molar-refractivity contribution in [3.8, 4) is 0 Å². The molecule has 0 radical (unpaired) electrons. The Kier molecular flexibility index (Phi) is 1.71. The third kappa shape index (κ3) is 2.00. The van der Waals surface area contributed by atoms with Gasteiger partial charge in [0.1, 0.15) is 0 Å². The lowest BCUT2D eigenvalue weighted by Crippen LogP contribution is -2.12. The summed E-state index contributed by atoms with van der Waals surface area (Å²) in [7, 11) is 0. The van der Waals surface area contributed by atoms with Crippen LogP contribution < -0.4 is 0 Å². The topological polar surface area (TPSA) is 0 Å². The zero-order valence-electron chi connectivity index (χ0n) is 8.54. The average molecular weight is 128 g/mol. The van der Waals surface area contributed by atoms with Crippen molar-refractivity contribution in [3.63, 3.8) is 0 Å². The Hall–Kier alpha value is 0. The first-order chi connectivity index (χ1) is 4.96. The molecule has 1 rings (SSSR count). The van der Waals surface area contributed by atoms with Crippen LogP contribution in [0.3, 0.4) is 0 Å². The van der Waals surface area contributed by atoms with E-state index >= 15 is 0 Å². The van der Waals surface area contributed by atoms with Gasteiger partial charge in [-0.15, -0.1) is 0 Å². The largest absolute Gasteiger partial charge is 0.0625 e. The maximum atomic E-state index is 8.08. The molecule has 1 aliphatic carbocycles. The number of hydrogen-bond acceptors (Lipinski definition) is 0. The third-order valence-electron chi connectivity index (χ3n) is 2.16. The van der Waals surface area contributed by atoms with Gasteiger partial charge >= 0.3 is 0 Å². The summed E-state index contributed by atoms with van der Waals surface area (Å²) in [6.45, 7) is 3.73. The Morgan fingerprint density at radius 1 is 1.33 bits per heavy atom. The molecule has 0 N–H and O–H groups in total. The van der Waals surface area contributed by atoms with E-state index < -0.39 is 11.8 Å². The Labute approximate surface area is 61.5 Å². The van der Waals surface area contributed by atoms with Crippen LogP contribution in [0.4, 0.5) is 0 Å². The highest BCUT2D eigenvalue weighted by molar-refractivity contribution is 4.67. The van der Waals surface area contributed by atoms with Crippen LogP contribution in [0.5, 0.6) is 0 Å². The molecule has 0 heterocycles. The van der Waals surface area contributed by atoms with E-state index in [9.17, 15) is 0 Å². The fourth-order valence-corrected chi connectivity index (χ4v) is 1.48. The van der Waals surface area contributed by atoms with Gasteiger partial charge in [-0.05, 0) is 11.8 Å². The summed E-state index contributed by atoms with van der Waals surface area (Å²) < 4.78 is 15.9. The standard InChI is InChI=1S/C9H18/c1-8(2)9-6-4-3-5-7-9/h8-9H,3-7H2,1-2H3/i8D,9D. The lowest BCUT2D eigenvalue weighted by molar-refractivity contribution is 0.279. The molecule has 1 saturated carbocycles. The van der Waals surface area contributed by atoms with Gasteiger partial charge in [-0.2, -0.15) is 0 Å². The summed E-state index contributed by atoms with van der Waals surface area (Å²) >= 11 is 0. The van der Waals surface area contributed by atoms with Gasteiger partial charge < -0.3 is 0 Å². The minimum atomic E-state index is -0.576. The van der Waals surface area contributed by atoms with E-state index in [1.807, 2.05) is 13.8 Å². The minimum absolute atomic E-state index is 0.467. The zero-order chi connectivity index (χ0) is 8.54.